The third-order valence-electron chi connectivity index (χ3n) is 3.44. The van der Waals surface area contributed by atoms with E-state index in [-0.39, 0.29) is 17.0 Å². The second-order valence-corrected chi connectivity index (χ2v) is 4.63. The Hall–Kier alpha value is -3.16. The topological polar surface area (TPSA) is 102 Å². The zero-order valence-corrected chi connectivity index (χ0v) is 12.8. The van der Waals surface area contributed by atoms with Crippen LogP contribution in [0, 0.1) is 0 Å². The van der Waals surface area contributed by atoms with Crippen molar-refractivity contribution < 1.29 is 18.6 Å². The van der Waals surface area contributed by atoms with E-state index >= 15 is 0 Å². The Morgan fingerprint density at radius 1 is 1.17 bits per heavy atom. The molecule has 0 aliphatic heterocycles. The van der Waals surface area contributed by atoms with Gasteiger partial charge in [0.05, 0.1) is 33.0 Å². The van der Waals surface area contributed by atoms with Crippen molar-refractivity contribution in [1.29, 1.82) is 0 Å². The maximum Gasteiger partial charge on any atom is 0.280 e. The lowest BCUT2D eigenvalue weighted by molar-refractivity contribution is 0.326. The second kappa shape index (κ2) is 5.56. The fraction of sp³-hybridized carbons (Fsp3) is 0.200. The van der Waals surface area contributed by atoms with Crippen LogP contribution in [0.1, 0.15) is 0 Å². The molecular formula is C15H15N3O5. The van der Waals surface area contributed by atoms with Gasteiger partial charge >= 0.3 is 0 Å². The van der Waals surface area contributed by atoms with Crippen molar-refractivity contribution in [3.8, 4) is 28.8 Å². The predicted octanol–water partition coefficient (Wildman–Crippen LogP) is 1.40. The van der Waals surface area contributed by atoms with Crippen molar-refractivity contribution in [3.63, 3.8) is 0 Å². The number of aromatic nitrogens is 2. The normalized spacial score (nSPS) is 10.7. The molecule has 0 radical (unpaired) electrons. The van der Waals surface area contributed by atoms with Crippen LogP contribution in [0.4, 0.5) is 0 Å². The first-order valence-corrected chi connectivity index (χ1v) is 6.67. The molecule has 8 nitrogen and oxygen atoms in total. The Kier molecular flexibility index (Phi) is 3.57. The molecule has 2 N–H and O–H groups in total. The number of fused-ring (bicyclic) bond motifs is 1. The second-order valence-electron chi connectivity index (χ2n) is 4.63. The molecule has 0 fully saturated rings. The first-order valence-electron chi connectivity index (χ1n) is 6.67. The number of nitrogens with zero attached hydrogens (tertiary/aromatic N) is 2. The van der Waals surface area contributed by atoms with E-state index in [1.54, 1.807) is 12.1 Å². The summed E-state index contributed by atoms with van der Waals surface area (Å²) in [5, 5.41) is 0.248. The van der Waals surface area contributed by atoms with Gasteiger partial charge in [0.15, 0.2) is 23.1 Å². The molecule has 8 heteroatoms. The van der Waals surface area contributed by atoms with E-state index in [0.29, 0.717) is 22.8 Å². The van der Waals surface area contributed by atoms with Crippen molar-refractivity contribution in [2.45, 2.75) is 0 Å². The number of benzene rings is 1. The Morgan fingerprint density at radius 3 is 2.48 bits per heavy atom. The number of hydrogen-bond acceptors (Lipinski definition) is 7. The van der Waals surface area contributed by atoms with Crippen LogP contribution >= 0.6 is 0 Å². The molecule has 2 heterocycles. The molecular weight excluding hydrogens is 302 g/mol. The minimum absolute atomic E-state index is 0.179. The fourth-order valence-corrected chi connectivity index (χ4v) is 2.38. The summed E-state index contributed by atoms with van der Waals surface area (Å²) in [4.78, 5) is 17.0. The average molecular weight is 317 g/mol. The summed E-state index contributed by atoms with van der Waals surface area (Å²) in [6.45, 7) is 0. The lowest BCUT2D eigenvalue weighted by atomic mass is 10.2. The highest BCUT2D eigenvalue weighted by Crippen LogP contribution is 2.41. The van der Waals surface area contributed by atoms with Crippen molar-refractivity contribution in [2.75, 3.05) is 27.2 Å². The summed E-state index contributed by atoms with van der Waals surface area (Å²) in [5.74, 6) is 7.38. The van der Waals surface area contributed by atoms with E-state index in [9.17, 15) is 4.79 Å². The Balaban J connectivity index is 2.46. The zero-order chi connectivity index (χ0) is 16.6. The van der Waals surface area contributed by atoms with Gasteiger partial charge in [-0.25, -0.2) is 9.66 Å². The standard InChI is InChI=1S/C15H15N3O5/c1-20-10-7-8-11(13(22-3)12(10)21-2)17-14(18(16)15(8)19)9-5-4-6-23-9/h4-7H,16H2,1-3H3. The number of furan rings is 1. The first-order chi connectivity index (χ1) is 11.1. The molecule has 120 valence electrons. The maximum absolute atomic E-state index is 12.6. The van der Waals surface area contributed by atoms with Gasteiger partial charge in [0, 0.05) is 0 Å². The van der Waals surface area contributed by atoms with Gasteiger partial charge in [-0.2, -0.15) is 0 Å². The number of hydrogen-bond donors (Lipinski definition) is 1. The lowest BCUT2D eigenvalue weighted by Gasteiger charge is -2.15. The highest BCUT2D eigenvalue weighted by atomic mass is 16.5. The largest absolute Gasteiger partial charge is 0.493 e. The summed E-state index contributed by atoms with van der Waals surface area (Å²) < 4.78 is 22.1. The molecule has 0 unspecified atom stereocenters. The fourth-order valence-electron chi connectivity index (χ4n) is 2.38. The Bertz CT molecular complexity index is 915. The van der Waals surface area contributed by atoms with Gasteiger partial charge in [-0.3, -0.25) is 4.79 Å². The zero-order valence-electron chi connectivity index (χ0n) is 12.8. The lowest BCUT2D eigenvalue weighted by Crippen LogP contribution is -2.30. The summed E-state index contributed by atoms with van der Waals surface area (Å²) in [7, 11) is 4.40. The minimum Gasteiger partial charge on any atom is -0.493 e. The van der Waals surface area contributed by atoms with Crippen LogP contribution in [-0.2, 0) is 0 Å². The third-order valence-corrected chi connectivity index (χ3v) is 3.44. The summed E-state index contributed by atoms with van der Waals surface area (Å²) in [6, 6.07) is 4.85. The van der Waals surface area contributed by atoms with Crippen molar-refractivity contribution in [2.24, 2.45) is 0 Å². The van der Waals surface area contributed by atoms with Gasteiger partial charge in [-0.05, 0) is 18.2 Å². The number of ether oxygens (including phenoxy) is 3. The molecule has 1 aromatic carbocycles. The maximum atomic E-state index is 12.6. The highest BCUT2D eigenvalue weighted by molar-refractivity contribution is 5.90. The third kappa shape index (κ3) is 2.15. The molecule has 0 bridgehead atoms. The molecule has 0 aliphatic rings. The summed E-state index contributed by atoms with van der Waals surface area (Å²) >= 11 is 0. The molecule has 0 amide bonds. The van der Waals surface area contributed by atoms with Crippen molar-refractivity contribution in [1.82, 2.24) is 9.66 Å². The molecule has 2 aromatic heterocycles. The number of nitrogens with two attached hydrogens (primary N) is 1. The summed E-state index contributed by atoms with van der Waals surface area (Å²) in [6.07, 6.45) is 1.47. The molecule has 3 aromatic rings. The first kappa shape index (κ1) is 14.8. The van der Waals surface area contributed by atoms with E-state index in [1.165, 1.54) is 33.7 Å². The average Bonchev–Trinajstić information content (AvgIpc) is 3.10. The van der Waals surface area contributed by atoms with Crippen molar-refractivity contribution in [3.05, 3.63) is 34.8 Å². The molecule has 3 rings (SSSR count). The highest BCUT2D eigenvalue weighted by Gasteiger charge is 2.22. The van der Waals surface area contributed by atoms with Crippen molar-refractivity contribution >= 4 is 10.9 Å². The van der Waals surface area contributed by atoms with Crippen LogP contribution in [0.25, 0.3) is 22.5 Å². The molecule has 0 aliphatic carbocycles. The molecule has 23 heavy (non-hydrogen) atoms. The van der Waals surface area contributed by atoms with Crippen LogP contribution < -0.4 is 25.6 Å². The van der Waals surface area contributed by atoms with Gasteiger partial charge in [0.2, 0.25) is 5.75 Å². The van der Waals surface area contributed by atoms with E-state index in [0.717, 1.165) is 4.68 Å². The van der Waals surface area contributed by atoms with Gasteiger partial charge in [0.25, 0.3) is 5.56 Å². The smallest absolute Gasteiger partial charge is 0.280 e. The quantitative estimate of drug-likeness (QED) is 0.725. The molecule has 0 atom stereocenters. The van der Waals surface area contributed by atoms with Crippen LogP contribution in [0.3, 0.4) is 0 Å². The number of nitrogen functional groups attached to an aromatic ring is 1. The molecule has 0 saturated carbocycles. The van der Waals surface area contributed by atoms with Crippen LogP contribution in [0.5, 0.6) is 17.2 Å². The summed E-state index contributed by atoms with van der Waals surface area (Å²) in [5.41, 5.74) is -0.149. The Morgan fingerprint density at radius 2 is 1.91 bits per heavy atom. The minimum atomic E-state index is -0.458. The Labute approximate surface area is 131 Å². The SMILES string of the molecule is COc1cc2c(=O)n(N)c(-c3ccco3)nc2c(OC)c1OC. The van der Waals surface area contributed by atoms with E-state index in [2.05, 4.69) is 4.98 Å². The van der Waals surface area contributed by atoms with Gasteiger partial charge in [-0.1, -0.05) is 0 Å². The van der Waals surface area contributed by atoms with Gasteiger partial charge in [-0.15, -0.1) is 0 Å². The monoisotopic (exact) mass is 317 g/mol. The predicted molar refractivity (Wildman–Crippen MR) is 83.5 cm³/mol. The molecule has 0 spiro atoms. The van der Waals surface area contributed by atoms with E-state index in [4.69, 9.17) is 24.5 Å². The van der Waals surface area contributed by atoms with E-state index in [1.807, 2.05) is 0 Å². The van der Waals surface area contributed by atoms with E-state index < -0.39 is 5.56 Å². The van der Waals surface area contributed by atoms with Gasteiger partial charge in [0.1, 0.15) is 5.52 Å². The number of rotatable bonds is 4. The van der Waals surface area contributed by atoms with Crippen LogP contribution in [-0.4, -0.2) is 31.0 Å². The molecule has 0 saturated heterocycles. The van der Waals surface area contributed by atoms with Crippen LogP contribution in [0.2, 0.25) is 0 Å². The van der Waals surface area contributed by atoms with Gasteiger partial charge < -0.3 is 24.5 Å². The number of methoxy groups -OCH3 is 3. The van der Waals surface area contributed by atoms with Crippen LogP contribution in [0.15, 0.2) is 33.7 Å².